The standard InChI is InChI=1S/C17H13F3N4O4S/c1-4-5-6-23-11-8-10(9(18)7-12(11)28-17(19,20)13(23)25)24-14(26)21(2)16(29)22(3)15(24)27/h7-8H,6H2,1-3H3. The molecule has 1 aromatic heterocycles. The van der Waals surface area contributed by atoms with Crippen molar-refractivity contribution in [2.24, 2.45) is 14.1 Å². The Morgan fingerprint density at radius 3 is 2.24 bits per heavy atom. The van der Waals surface area contributed by atoms with Crippen LogP contribution in [0.5, 0.6) is 5.75 Å². The number of nitrogens with zero attached hydrogens (tertiary/aromatic N) is 4. The van der Waals surface area contributed by atoms with E-state index in [0.717, 1.165) is 15.2 Å². The molecule has 1 amide bonds. The number of carbonyl (C=O) groups is 1. The van der Waals surface area contributed by atoms with Gasteiger partial charge in [0, 0.05) is 20.2 Å². The number of aromatic nitrogens is 3. The van der Waals surface area contributed by atoms with Gasteiger partial charge in [0.15, 0.2) is 16.3 Å². The molecule has 0 atom stereocenters. The van der Waals surface area contributed by atoms with Crippen molar-refractivity contribution >= 4 is 23.8 Å². The van der Waals surface area contributed by atoms with E-state index in [-0.39, 0.29) is 10.5 Å². The lowest BCUT2D eigenvalue weighted by atomic mass is 10.2. The highest BCUT2D eigenvalue weighted by molar-refractivity contribution is 7.71. The van der Waals surface area contributed by atoms with Gasteiger partial charge in [0.25, 0.3) is 0 Å². The molecule has 0 saturated heterocycles. The van der Waals surface area contributed by atoms with Crippen molar-refractivity contribution in [1.82, 2.24) is 13.7 Å². The zero-order valence-corrected chi connectivity index (χ0v) is 16.1. The van der Waals surface area contributed by atoms with Crippen molar-refractivity contribution in [2.75, 3.05) is 11.4 Å². The third-order valence-corrected chi connectivity index (χ3v) is 4.78. The SMILES string of the molecule is CC#CCN1C(=O)C(F)(F)Oc2cc(F)c(-n3c(=O)n(C)c(=S)n(C)c3=O)cc21. The van der Waals surface area contributed by atoms with Crippen LogP contribution in [0.15, 0.2) is 21.7 Å². The number of anilines is 1. The van der Waals surface area contributed by atoms with E-state index < -0.39 is 47.2 Å². The molecular formula is C17H13F3N4O4S. The van der Waals surface area contributed by atoms with Gasteiger partial charge in [0.1, 0.15) is 0 Å². The van der Waals surface area contributed by atoms with Crippen LogP contribution in [-0.4, -0.2) is 32.3 Å². The Kier molecular flexibility index (Phi) is 4.87. The first kappa shape index (κ1) is 20.4. The Morgan fingerprint density at radius 2 is 1.69 bits per heavy atom. The molecule has 1 aromatic carbocycles. The third kappa shape index (κ3) is 3.13. The number of amides is 1. The monoisotopic (exact) mass is 426 g/mol. The maximum Gasteiger partial charge on any atom is 0.483 e. The highest BCUT2D eigenvalue weighted by Crippen LogP contribution is 2.41. The van der Waals surface area contributed by atoms with E-state index in [1.54, 1.807) is 0 Å². The van der Waals surface area contributed by atoms with Gasteiger partial charge in [-0.2, -0.15) is 8.78 Å². The second kappa shape index (κ2) is 6.93. The lowest BCUT2D eigenvalue weighted by Crippen LogP contribution is -2.51. The summed E-state index contributed by atoms with van der Waals surface area (Å²) in [6, 6.07) is 1.48. The van der Waals surface area contributed by atoms with Gasteiger partial charge in [-0.3, -0.25) is 18.8 Å². The second-order valence-electron chi connectivity index (χ2n) is 6.01. The highest BCUT2D eigenvalue weighted by Gasteiger charge is 2.50. The van der Waals surface area contributed by atoms with Crippen LogP contribution in [0.3, 0.4) is 0 Å². The normalized spacial score (nSPS) is 14.7. The summed E-state index contributed by atoms with van der Waals surface area (Å²) >= 11 is 4.96. The fraction of sp³-hybridized carbons (Fsp3) is 0.294. The molecule has 29 heavy (non-hydrogen) atoms. The van der Waals surface area contributed by atoms with E-state index >= 15 is 0 Å². The summed E-state index contributed by atoms with van der Waals surface area (Å²) in [5.74, 6) is 1.40. The molecule has 1 aliphatic rings. The average molecular weight is 426 g/mol. The van der Waals surface area contributed by atoms with Crippen molar-refractivity contribution in [3.63, 3.8) is 0 Å². The van der Waals surface area contributed by atoms with E-state index in [4.69, 9.17) is 12.2 Å². The summed E-state index contributed by atoms with van der Waals surface area (Å²) in [5.41, 5.74) is -2.73. The smallest absolute Gasteiger partial charge is 0.423 e. The van der Waals surface area contributed by atoms with E-state index in [9.17, 15) is 27.6 Å². The highest BCUT2D eigenvalue weighted by atomic mass is 32.1. The quantitative estimate of drug-likeness (QED) is 0.531. The topological polar surface area (TPSA) is 78.5 Å². The first-order valence-corrected chi connectivity index (χ1v) is 8.43. The Bertz CT molecular complexity index is 1240. The first-order valence-electron chi connectivity index (χ1n) is 8.02. The van der Waals surface area contributed by atoms with Crippen LogP contribution in [-0.2, 0) is 18.9 Å². The summed E-state index contributed by atoms with van der Waals surface area (Å²) in [7, 11) is 2.57. The van der Waals surface area contributed by atoms with Gasteiger partial charge in [-0.1, -0.05) is 5.92 Å². The lowest BCUT2D eigenvalue weighted by molar-refractivity contribution is -0.192. The molecule has 0 radical (unpaired) electrons. The molecule has 2 heterocycles. The van der Waals surface area contributed by atoms with Crippen LogP contribution < -0.4 is 21.0 Å². The van der Waals surface area contributed by atoms with Gasteiger partial charge in [0.05, 0.1) is 17.9 Å². The largest absolute Gasteiger partial charge is 0.483 e. The fourth-order valence-electron chi connectivity index (χ4n) is 2.74. The molecule has 0 bridgehead atoms. The minimum Gasteiger partial charge on any atom is -0.423 e. The van der Waals surface area contributed by atoms with Gasteiger partial charge >= 0.3 is 23.4 Å². The fourth-order valence-corrected chi connectivity index (χ4v) is 2.89. The molecule has 3 rings (SSSR count). The van der Waals surface area contributed by atoms with E-state index in [2.05, 4.69) is 16.6 Å². The molecule has 2 aromatic rings. The molecule has 152 valence electrons. The van der Waals surface area contributed by atoms with Crippen molar-refractivity contribution in [2.45, 2.75) is 13.0 Å². The van der Waals surface area contributed by atoms with Crippen molar-refractivity contribution < 1.29 is 22.7 Å². The van der Waals surface area contributed by atoms with Crippen molar-refractivity contribution in [1.29, 1.82) is 0 Å². The van der Waals surface area contributed by atoms with Gasteiger partial charge in [-0.25, -0.2) is 18.5 Å². The van der Waals surface area contributed by atoms with Crippen LogP contribution in [0.1, 0.15) is 6.92 Å². The summed E-state index contributed by atoms with van der Waals surface area (Å²) < 4.78 is 49.1. The number of fused-ring (bicyclic) bond motifs is 1. The summed E-state index contributed by atoms with van der Waals surface area (Å²) in [6.07, 6.45) is -4.22. The van der Waals surface area contributed by atoms with Gasteiger partial charge in [-0.15, -0.1) is 5.92 Å². The Balaban J connectivity index is 2.35. The number of carbonyl (C=O) groups excluding carboxylic acids is 1. The number of rotatable bonds is 2. The Morgan fingerprint density at radius 1 is 1.10 bits per heavy atom. The maximum absolute atomic E-state index is 14.7. The third-order valence-electron chi connectivity index (χ3n) is 4.24. The van der Waals surface area contributed by atoms with Crippen LogP contribution >= 0.6 is 12.2 Å². The van der Waals surface area contributed by atoms with Crippen LogP contribution in [0.25, 0.3) is 5.69 Å². The first-order chi connectivity index (χ1) is 13.5. The summed E-state index contributed by atoms with van der Waals surface area (Å²) in [4.78, 5) is 37.7. The average Bonchev–Trinajstić information content (AvgIpc) is 2.66. The minimum absolute atomic E-state index is 0.104. The molecule has 0 saturated carbocycles. The molecule has 0 N–H and O–H groups in total. The number of halogens is 3. The van der Waals surface area contributed by atoms with Crippen LogP contribution in [0, 0.1) is 22.4 Å². The molecule has 1 aliphatic heterocycles. The number of alkyl halides is 2. The molecule has 0 spiro atoms. The lowest BCUT2D eigenvalue weighted by Gasteiger charge is -2.32. The van der Waals surface area contributed by atoms with Gasteiger partial charge in [0.2, 0.25) is 0 Å². The number of ether oxygens (including phenoxy) is 1. The van der Waals surface area contributed by atoms with E-state index in [0.29, 0.717) is 15.5 Å². The summed E-state index contributed by atoms with van der Waals surface area (Å²) in [5, 5.41) is 0. The zero-order chi connectivity index (χ0) is 21.7. The molecule has 0 aliphatic carbocycles. The van der Waals surface area contributed by atoms with E-state index in [1.807, 2.05) is 0 Å². The molecule has 0 fully saturated rings. The molecule has 8 nitrogen and oxygen atoms in total. The molecule has 0 unspecified atom stereocenters. The Labute approximate surface area is 166 Å². The van der Waals surface area contributed by atoms with Crippen molar-refractivity contribution in [3.05, 3.63) is 43.7 Å². The summed E-state index contributed by atoms with van der Waals surface area (Å²) in [6.45, 7) is 1.01. The van der Waals surface area contributed by atoms with Crippen LogP contribution in [0.2, 0.25) is 0 Å². The predicted molar refractivity (Wildman–Crippen MR) is 98.4 cm³/mol. The van der Waals surface area contributed by atoms with Crippen molar-refractivity contribution in [3.8, 4) is 23.3 Å². The molecular weight excluding hydrogens is 413 g/mol. The molecule has 12 heteroatoms. The predicted octanol–water partition coefficient (Wildman–Crippen LogP) is 1.08. The number of hydrogen-bond donors (Lipinski definition) is 0. The Hall–Kier alpha value is -3.33. The van der Waals surface area contributed by atoms with Gasteiger partial charge in [-0.05, 0) is 25.2 Å². The van der Waals surface area contributed by atoms with Gasteiger partial charge < -0.3 is 4.74 Å². The second-order valence-corrected chi connectivity index (χ2v) is 6.37. The van der Waals surface area contributed by atoms with Crippen LogP contribution in [0.4, 0.5) is 18.9 Å². The maximum atomic E-state index is 14.7. The van der Waals surface area contributed by atoms with E-state index in [1.165, 1.54) is 21.0 Å². The zero-order valence-electron chi connectivity index (χ0n) is 15.3. The number of benzene rings is 1. The number of hydrogen-bond acceptors (Lipinski definition) is 5. The minimum atomic E-state index is -4.22.